The van der Waals surface area contributed by atoms with E-state index < -0.39 is 46.5 Å². The van der Waals surface area contributed by atoms with Crippen molar-refractivity contribution in [1.29, 1.82) is 0 Å². The summed E-state index contributed by atoms with van der Waals surface area (Å²) in [4.78, 5) is 19.9. The zero-order chi connectivity index (χ0) is 82.2. The van der Waals surface area contributed by atoms with Crippen LogP contribution in [0.15, 0.2) is 365 Å². The van der Waals surface area contributed by atoms with Crippen molar-refractivity contribution in [3.05, 3.63) is 446 Å². The zero-order valence-electron chi connectivity index (χ0n) is 65.5. The van der Waals surface area contributed by atoms with Crippen LogP contribution in [-0.2, 0) is 80.4 Å². The van der Waals surface area contributed by atoms with Crippen LogP contribution < -0.4 is 52.2 Å². The molecule has 0 fully saturated rings. The first kappa shape index (κ1) is 101. The Bertz CT molecular complexity index is 4940. The molecular formula is C98H78F8Ir4N6P4-8. The molecule has 16 rings (SSSR count). The number of halogens is 8. The molecule has 22 heteroatoms. The average molecular weight is 2380 g/mol. The maximum atomic E-state index is 13.5. The largest absolute Gasteiger partial charge is 0.472 e. The van der Waals surface area contributed by atoms with E-state index in [4.69, 9.17) is 0 Å². The van der Waals surface area contributed by atoms with E-state index in [0.717, 1.165) is 71.0 Å². The Morgan fingerprint density at radius 1 is 0.233 bits per heavy atom. The average Bonchev–Trinajstić information content (AvgIpc) is 0.834. The van der Waals surface area contributed by atoms with Crippen molar-refractivity contribution in [3.63, 3.8) is 0 Å². The number of aromatic nitrogens is 4. The molecule has 4 aromatic heterocycles. The summed E-state index contributed by atoms with van der Waals surface area (Å²) in [7, 11) is 12.6. The predicted octanol–water partition coefficient (Wildman–Crippen LogP) is 22.4. The van der Waals surface area contributed by atoms with Crippen molar-refractivity contribution in [2.24, 2.45) is 0 Å². The second-order valence-electron chi connectivity index (χ2n) is 25.3. The Labute approximate surface area is 760 Å². The van der Waals surface area contributed by atoms with E-state index in [1.54, 1.807) is 49.1 Å². The van der Waals surface area contributed by atoms with Gasteiger partial charge in [-0.25, -0.2) is 42.4 Å². The van der Waals surface area contributed by atoms with Crippen LogP contribution in [0, 0.1) is 84.7 Å². The van der Waals surface area contributed by atoms with Crippen LogP contribution in [0.4, 0.5) is 46.5 Å². The van der Waals surface area contributed by atoms with Gasteiger partial charge in [-0.05, 0) is 60.9 Å². The molecule has 4 heterocycles. The van der Waals surface area contributed by atoms with E-state index in [0.29, 0.717) is 22.8 Å². The minimum atomic E-state index is -0.659. The summed E-state index contributed by atoms with van der Waals surface area (Å²) < 4.78 is 105. The molecule has 0 amide bonds. The van der Waals surface area contributed by atoms with Gasteiger partial charge >= 0.3 is 0 Å². The maximum absolute atomic E-state index is 13.5. The Morgan fingerprint density at radius 2 is 0.408 bits per heavy atom. The summed E-state index contributed by atoms with van der Waals surface area (Å²) >= 11 is 0. The number of hydrogen-bond acceptors (Lipinski definition) is 6. The summed E-state index contributed by atoms with van der Waals surface area (Å²) in [5.74, 6) is -5.17. The molecule has 0 aliphatic carbocycles. The van der Waals surface area contributed by atoms with Crippen LogP contribution in [0.5, 0.6) is 0 Å². The van der Waals surface area contributed by atoms with E-state index in [1.807, 2.05) is 125 Å². The van der Waals surface area contributed by atoms with E-state index in [2.05, 4.69) is 238 Å². The zero-order valence-corrected chi connectivity index (χ0v) is 78.6. The third-order valence-corrected chi connectivity index (χ3v) is 20.3. The summed E-state index contributed by atoms with van der Waals surface area (Å²) in [6, 6.07) is 116. The topological polar surface area (TPSA) is 58.0 Å². The van der Waals surface area contributed by atoms with Crippen molar-refractivity contribution in [2.75, 3.05) is 38.0 Å². The molecular weight excluding hydrogens is 2310 g/mol. The normalized spacial score (nSPS) is 9.78. The van der Waals surface area contributed by atoms with E-state index in [-0.39, 0.29) is 103 Å². The fourth-order valence-electron chi connectivity index (χ4n) is 10.2. The van der Waals surface area contributed by atoms with Crippen molar-refractivity contribution >= 4 is 88.1 Å². The number of pyridine rings is 4. The summed E-state index contributed by atoms with van der Waals surface area (Å²) in [5, 5.41) is 10.7. The van der Waals surface area contributed by atoms with Crippen LogP contribution >= 0.6 is 34.3 Å². The minimum Gasteiger partial charge on any atom is -0.472 e. The van der Waals surface area contributed by atoms with Gasteiger partial charge < -0.3 is 64.1 Å². The minimum absolute atomic E-state index is 0. The molecule has 0 saturated carbocycles. The molecule has 620 valence electrons. The quantitative estimate of drug-likeness (QED) is 0.0614. The Kier molecular flexibility index (Phi) is 46.8. The second kappa shape index (κ2) is 55.5. The molecule has 16 aromatic rings. The van der Waals surface area contributed by atoms with E-state index >= 15 is 0 Å². The maximum Gasteiger partial charge on any atom is 0.0408 e. The van der Waals surface area contributed by atoms with E-state index in [1.165, 1.54) is 76.8 Å². The van der Waals surface area contributed by atoms with Gasteiger partial charge in [-0.1, -0.05) is 325 Å². The van der Waals surface area contributed by atoms with Crippen LogP contribution in [0.2, 0.25) is 0 Å². The smallest absolute Gasteiger partial charge is 0.0408 e. The molecule has 0 saturated heterocycles. The fraction of sp³-hybridized carbons (Fsp3) is 0.0612. The molecule has 120 heavy (non-hydrogen) atoms. The molecule has 0 aliphatic heterocycles. The van der Waals surface area contributed by atoms with Gasteiger partial charge in [0.2, 0.25) is 0 Å². The SMILES string of the molecule is CN(C)c1ccnc(-c2[c-]cc(F)cc2F)c1.CN(C)c1ccnc(-c2[c-]cc(F)cc2F)c1.Cc1ccnc(-c2[c-]cc(F)cc2F)c1.Cc1ccnc(-c2[c-]cc(F)cc2F)c1.[Ir].[Ir].[Ir].[Ir].c1ccc([P-]c2ccccc2)cc1.c1ccc([P-]c2ccccc2)cc1.c1ccc([P-]c2ccccc2)cc1.c1ccc([P-]c2ccccc2)cc1. The van der Waals surface area contributed by atoms with Gasteiger partial charge in [0.15, 0.2) is 0 Å². The summed E-state index contributed by atoms with van der Waals surface area (Å²) in [5.41, 5.74) is 6.28. The molecule has 0 N–H and O–H groups in total. The van der Waals surface area contributed by atoms with Gasteiger partial charge in [-0.2, -0.15) is 0 Å². The number of benzene rings is 12. The molecule has 0 bridgehead atoms. The Morgan fingerprint density at radius 3 is 0.575 bits per heavy atom. The predicted molar refractivity (Wildman–Crippen MR) is 468 cm³/mol. The van der Waals surface area contributed by atoms with Crippen molar-refractivity contribution in [2.45, 2.75) is 13.8 Å². The van der Waals surface area contributed by atoms with Crippen LogP contribution in [0.1, 0.15) is 11.1 Å². The summed E-state index contributed by atoms with van der Waals surface area (Å²) in [6.45, 7) is 3.76. The Hall–Kier alpha value is -9.40. The van der Waals surface area contributed by atoms with Gasteiger partial charge in [-0.3, -0.25) is 35.1 Å². The van der Waals surface area contributed by atoms with Crippen molar-refractivity contribution in [3.8, 4) is 45.0 Å². The fourth-order valence-corrected chi connectivity index (χ4v) is 14.0. The number of aryl methyl sites for hydroxylation is 2. The Balaban J connectivity index is 0.000000243. The monoisotopic (exact) mass is 2390 g/mol. The number of rotatable bonds is 14. The molecule has 12 aromatic carbocycles. The molecule has 0 unspecified atom stereocenters. The van der Waals surface area contributed by atoms with Crippen LogP contribution in [-0.4, -0.2) is 48.1 Å². The van der Waals surface area contributed by atoms with Gasteiger partial charge in [-0.15, -0.1) is 48.5 Å². The van der Waals surface area contributed by atoms with Crippen molar-refractivity contribution < 1.29 is 116 Å². The van der Waals surface area contributed by atoms with Gasteiger partial charge in [0.1, 0.15) is 0 Å². The third-order valence-electron chi connectivity index (χ3n) is 15.9. The van der Waals surface area contributed by atoms with Crippen molar-refractivity contribution in [1.82, 2.24) is 19.9 Å². The summed E-state index contributed by atoms with van der Waals surface area (Å²) in [6.07, 6.45) is 6.34. The molecule has 0 spiro atoms. The van der Waals surface area contributed by atoms with E-state index in [9.17, 15) is 35.1 Å². The van der Waals surface area contributed by atoms with Gasteiger partial charge in [0.05, 0.1) is 0 Å². The molecule has 0 aliphatic rings. The number of hydrogen-bond donors (Lipinski definition) is 0. The standard InChI is InChI=1S/2C13H11F2N2.2C12H8F2N.4C12H10P.4Ir/c2*1-17(2)10-5-6-16-13(8-10)11-4-3-9(14)7-12(11)15;2*1-8-4-5-15-12(6-8)10-3-2-9(13)7-11(10)14;4*1-3-7-11(8-4-1)13-12-9-5-2-6-10-12;;;;/h2*3,5-8H,1-2H3;2*2,4-7H,1H3;4*1-10H;;;;/q8*-1;;;;. The number of nitrogens with zero attached hydrogens (tertiary/aromatic N) is 6. The van der Waals surface area contributed by atoms with Gasteiger partial charge in [0, 0.05) is 191 Å². The first-order valence-corrected chi connectivity index (χ1v) is 39.7. The van der Waals surface area contributed by atoms with Crippen LogP contribution in [0.3, 0.4) is 0 Å². The van der Waals surface area contributed by atoms with Crippen LogP contribution in [0.25, 0.3) is 45.0 Å². The number of anilines is 2. The van der Waals surface area contributed by atoms with Gasteiger partial charge in [0.25, 0.3) is 0 Å². The first-order valence-electron chi connectivity index (χ1n) is 36.2. The molecule has 4 radical (unpaired) electrons. The first-order chi connectivity index (χ1) is 56.3. The second-order valence-corrected chi connectivity index (χ2v) is 30.3. The molecule has 0 atom stereocenters. The molecule has 6 nitrogen and oxygen atoms in total. The third kappa shape index (κ3) is 36.1.